The maximum Gasteiger partial charge on any atom is 0.340 e. The first-order valence-electron chi connectivity index (χ1n) is 4.53. The summed E-state index contributed by atoms with van der Waals surface area (Å²) in [7, 11) is 0. The highest BCUT2D eigenvalue weighted by atomic mass is 17.2. The van der Waals surface area contributed by atoms with Crippen LogP contribution in [0.5, 0.6) is 0 Å². The first-order valence-corrected chi connectivity index (χ1v) is 4.53. The Bertz CT molecular complexity index is 271. The van der Waals surface area contributed by atoms with Crippen molar-refractivity contribution in [3.8, 4) is 0 Å². The van der Waals surface area contributed by atoms with Crippen LogP contribution in [-0.4, -0.2) is 68.5 Å². The van der Waals surface area contributed by atoms with Crippen LogP contribution in [0.4, 0.5) is 0 Å². The largest absolute Gasteiger partial charge is 0.479 e. The molecule has 0 aliphatic heterocycles. The molecule has 10 nitrogen and oxygen atoms in total. The first kappa shape index (κ1) is 19.0. The molecule has 0 radical (unpaired) electrons. The van der Waals surface area contributed by atoms with E-state index in [2.05, 4.69) is 9.78 Å². The molecule has 4 atom stereocenters. The molecule has 0 amide bonds. The first-order chi connectivity index (χ1) is 7.81. The van der Waals surface area contributed by atoms with E-state index in [9.17, 15) is 19.8 Å². The third-order valence-electron chi connectivity index (χ3n) is 1.75. The van der Waals surface area contributed by atoms with E-state index in [0.29, 0.717) is 0 Å². The molecule has 10 heteroatoms. The number of rotatable bonds is 7. The zero-order valence-corrected chi connectivity index (χ0v) is 9.59. The minimum absolute atomic E-state index is 0. The van der Waals surface area contributed by atoms with Gasteiger partial charge in [0.2, 0.25) is 6.10 Å². The van der Waals surface area contributed by atoms with E-state index >= 15 is 0 Å². The van der Waals surface area contributed by atoms with Crippen molar-refractivity contribution in [3.63, 3.8) is 0 Å². The fraction of sp³-hybridized carbons (Fsp3) is 0.750. The molecule has 0 spiro atoms. The molecule has 8 N–H and O–H groups in total. The second kappa shape index (κ2) is 8.74. The predicted octanol–water partition coefficient (Wildman–Crippen LogP) is -2.83. The molecule has 0 fully saturated rings. The zero-order chi connectivity index (χ0) is 13.6. The van der Waals surface area contributed by atoms with Crippen molar-refractivity contribution in [2.75, 3.05) is 6.61 Å². The Morgan fingerprint density at radius 3 is 2.00 bits per heavy atom. The molecule has 0 aromatic rings. The lowest BCUT2D eigenvalue weighted by molar-refractivity contribution is -0.312. The van der Waals surface area contributed by atoms with Gasteiger partial charge in [0.15, 0.2) is 0 Å². The Balaban J connectivity index is 0. The normalized spacial score (nSPS) is 16.9. The minimum Gasteiger partial charge on any atom is -0.479 e. The quantitative estimate of drug-likeness (QED) is 0.208. The van der Waals surface area contributed by atoms with Crippen LogP contribution in [0, 0.1) is 0 Å². The lowest BCUT2D eigenvalue weighted by Crippen LogP contribution is -2.49. The van der Waals surface area contributed by atoms with E-state index in [4.69, 9.17) is 15.3 Å². The Hall–Kier alpha value is -1.30. The summed E-state index contributed by atoms with van der Waals surface area (Å²) in [5, 5.41) is 44.7. The highest BCUT2D eigenvalue weighted by Gasteiger charge is 2.38. The highest BCUT2D eigenvalue weighted by molar-refractivity contribution is 5.73. The van der Waals surface area contributed by atoms with Crippen molar-refractivity contribution in [1.82, 2.24) is 6.15 Å². The molecule has 0 aromatic heterocycles. The number of carboxylic acids is 1. The van der Waals surface area contributed by atoms with E-state index < -0.39 is 43.0 Å². The topological polar surface area (TPSA) is 189 Å². The Labute approximate surface area is 102 Å². The summed E-state index contributed by atoms with van der Waals surface area (Å²) in [4.78, 5) is 29.0. The molecule has 18 heavy (non-hydrogen) atoms. The summed E-state index contributed by atoms with van der Waals surface area (Å²) < 4.78 is 0. The maximum absolute atomic E-state index is 10.6. The van der Waals surface area contributed by atoms with Crippen LogP contribution in [0.25, 0.3) is 0 Å². The monoisotopic (exact) mass is 271 g/mol. The number of hydrogen-bond donors (Lipinski definition) is 6. The Kier molecular flexibility index (Phi) is 9.25. The van der Waals surface area contributed by atoms with Gasteiger partial charge in [-0.2, -0.15) is 4.89 Å². The van der Waals surface area contributed by atoms with Crippen molar-refractivity contribution in [2.45, 2.75) is 31.3 Å². The number of carboxylic acid groups (broad SMARTS) is 1. The van der Waals surface area contributed by atoms with Gasteiger partial charge in [-0.05, 0) is 0 Å². The molecule has 0 saturated heterocycles. The van der Waals surface area contributed by atoms with E-state index in [0.717, 1.165) is 6.92 Å². The molecule has 0 saturated carbocycles. The summed E-state index contributed by atoms with van der Waals surface area (Å²) in [6, 6.07) is 0. The van der Waals surface area contributed by atoms with Gasteiger partial charge >= 0.3 is 11.9 Å². The summed E-state index contributed by atoms with van der Waals surface area (Å²) in [5.74, 6) is -2.68. The minimum atomic E-state index is -2.09. The van der Waals surface area contributed by atoms with Crippen LogP contribution in [0.15, 0.2) is 0 Å². The van der Waals surface area contributed by atoms with Gasteiger partial charge in [-0.3, -0.25) is 4.89 Å². The lowest BCUT2D eigenvalue weighted by atomic mass is 10.0. The second-order valence-electron chi connectivity index (χ2n) is 3.16. The van der Waals surface area contributed by atoms with E-state index in [1.54, 1.807) is 0 Å². The molecule has 0 heterocycles. The molecule has 0 aliphatic carbocycles. The third-order valence-corrected chi connectivity index (χ3v) is 1.75. The number of aliphatic hydroxyl groups is 4. The van der Waals surface area contributed by atoms with Crippen LogP contribution in [0.1, 0.15) is 6.92 Å². The third kappa shape index (κ3) is 5.86. The summed E-state index contributed by atoms with van der Waals surface area (Å²) in [5.41, 5.74) is 0. The fourth-order valence-electron chi connectivity index (χ4n) is 0.878. The van der Waals surface area contributed by atoms with Gasteiger partial charge < -0.3 is 31.7 Å². The molecule has 108 valence electrons. The lowest BCUT2D eigenvalue weighted by Gasteiger charge is -2.24. The number of aliphatic hydroxyl groups excluding tert-OH is 4. The zero-order valence-electron chi connectivity index (χ0n) is 9.59. The Morgan fingerprint density at radius 2 is 1.67 bits per heavy atom. The van der Waals surface area contributed by atoms with Gasteiger partial charge in [0.05, 0.1) is 6.61 Å². The smallest absolute Gasteiger partial charge is 0.340 e. The van der Waals surface area contributed by atoms with Crippen molar-refractivity contribution in [2.24, 2.45) is 0 Å². The Morgan fingerprint density at radius 1 is 1.17 bits per heavy atom. The molecule has 0 unspecified atom stereocenters. The van der Waals surface area contributed by atoms with E-state index in [1.165, 1.54) is 0 Å². The van der Waals surface area contributed by atoms with Gasteiger partial charge in [0.1, 0.15) is 18.3 Å². The van der Waals surface area contributed by atoms with Crippen molar-refractivity contribution in [3.05, 3.63) is 0 Å². The average molecular weight is 271 g/mol. The van der Waals surface area contributed by atoms with Gasteiger partial charge in [-0.15, -0.1) is 0 Å². The number of hydrogen-bond acceptors (Lipinski definition) is 9. The second-order valence-corrected chi connectivity index (χ2v) is 3.16. The maximum atomic E-state index is 10.6. The molecule has 0 aromatic carbocycles. The van der Waals surface area contributed by atoms with Crippen molar-refractivity contribution < 1.29 is 44.9 Å². The van der Waals surface area contributed by atoms with Crippen LogP contribution in [0.2, 0.25) is 0 Å². The van der Waals surface area contributed by atoms with Gasteiger partial charge in [0, 0.05) is 6.92 Å². The summed E-state index contributed by atoms with van der Waals surface area (Å²) in [6.45, 7) is 0.0441. The van der Waals surface area contributed by atoms with Gasteiger partial charge in [-0.1, -0.05) is 0 Å². The number of carbonyl (C=O) groups is 2. The standard InChI is InChI=1S/C8H14O9.H3N/c1-3(10)16-17-7(8(14)15)6(13)5(12)4(11)2-9;/h4-7,9,11-13H,2H2,1H3,(H,14,15);1H3/t4-,5-,6+,7-;/m1./s1. The van der Waals surface area contributed by atoms with E-state index in [1.807, 2.05) is 0 Å². The molecule has 0 rings (SSSR count). The van der Waals surface area contributed by atoms with Crippen LogP contribution in [-0.2, 0) is 19.4 Å². The number of carbonyl (C=O) groups excluding carboxylic acids is 1. The summed E-state index contributed by atoms with van der Waals surface area (Å²) in [6.07, 6.45) is -7.91. The molecular formula is C8H17NO9. The highest BCUT2D eigenvalue weighted by Crippen LogP contribution is 2.09. The van der Waals surface area contributed by atoms with Crippen molar-refractivity contribution >= 4 is 11.9 Å². The van der Waals surface area contributed by atoms with Crippen LogP contribution in [0.3, 0.4) is 0 Å². The van der Waals surface area contributed by atoms with Crippen LogP contribution >= 0.6 is 0 Å². The van der Waals surface area contributed by atoms with Gasteiger partial charge in [-0.25, -0.2) is 9.59 Å². The predicted molar refractivity (Wildman–Crippen MR) is 54.4 cm³/mol. The van der Waals surface area contributed by atoms with Crippen molar-refractivity contribution in [1.29, 1.82) is 0 Å². The number of aliphatic carboxylic acids is 1. The summed E-state index contributed by atoms with van der Waals surface area (Å²) >= 11 is 0. The fourth-order valence-corrected chi connectivity index (χ4v) is 0.878. The SMILES string of the molecule is CC(=O)OO[C@@H](C(=O)O)[C@@H](O)[C@H](O)[C@H](O)CO.N. The molecular weight excluding hydrogens is 254 g/mol. The molecule has 0 bridgehead atoms. The average Bonchev–Trinajstić information content (AvgIpc) is 2.25. The van der Waals surface area contributed by atoms with E-state index in [-0.39, 0.29) is 6.15 Å². The van der Waals surface area contributed by atoms with Gasteiger partial charge in [0.25, 0.3) is 0 Å². The molecule has 0 aliphatic rings. The van der Waals surface area contributed by atoms with Crippen LogP contribution < -0.4 is 6.15 Å².